The van der Waals surface area contributed by atoms with E-state index in [2.05, 4.69) is 186 Å². The first-order valence-corrected chi connectivity index (χ1v) is 16.1. The van der Waals surface area contributed by atoms with Crippen LogP contribution >= 0.6 is 0 Å². The quantitative estimate of drug-likeness (QED) is 0.143. The van der Waals surface area contributed by atoms with Crippen molar-refractivity contribution in [2.45, 2.75) is 0 Å². The van der Waals surface area contributed by atoms with Crippen LogP contribution in [0, 0.1) is 0 Å². The Hall–Kier alpha value is -4.99. The van der Waals surface area contributed by atoms with Crippen molar-refractivity contribution in [1.29, 1.82) is 0 Å². The molecule has 0 saturated heterocycles. The third kappa shape index (κ3) is 4.41. The molecule has 0 saturated carbocycles. The van der Waals surface area contributed by atoms with Gasteiger partial charge in [0.15, 0.2) is 14.3 Å². The van der Waals surface area contributed by atoms with Gasteiger partial charge < -0.3 is 0 Å². The highest BCUT2D eigenvalue weighted by atomic mass is 28.3. The van der Waals surface area contributed by atoms with E-state index in [9.17, 15) is 0 Å². The second-order valence-electron chi connectivity index (χ2n) is 10.4. The second-order valence-corrected chi connectivity index (χ2v) is 14.2. The van der Waals surface area contributed by atoms with Gasteiger partial charge in [0.05, 0.1) is 11.3 Å². The molecule has 0 amide bonds. The average Bonchev–Trinajstić information content (AvgIpc) is 3.07. The summed E-state index contributed by atoms with van der Waals surface area (Å²) in [5, 5.41) is 5.53. The van der Waals surface area contributed by atoms with Crippen LogP contribution in [0.5, 0.6) is 0 Å². The van der Waals surface area contributed by atoms with Gasteiger partial charge >= 0.3 is 0 Å². The molecule has 2 nitrogen and oxygen atoms in total. The van der Waals surface area contributed by atoms with Crippen LogP contribution in [0.25, 0.3) is 0 Å². The van der Waals surface area contributed by atoms with Gasteiger partial charge in [0.2, 0.25) is 12.4 Å². The van der Waals surface area contributed by atoms with Gasteiger partial charge in [-0.25, -0.2) is 0 Å². The fourth-order valence-corrected chi connectivity index (χ4v) is 11.3. The Labute approximate surface area is 243 Å². The summed E-state index contributed by atoms with van der Waals surface area (Å²) in [7, 11) is -2.74. The van der Waals surface area contributed by atoms with Crippen molar-refractivity contribution in [3.8, 4) is 0 Å². The number of fused-ring (bicyclic) bond motifs is 1. The lowest BCUT2D eigenvalue weighted by Crippen LogP contribution is -2.75. The predicted molar refractivity (Wildman–Crippen MR) is 175 cm³/mol. The number of hydrogen-bond donors (Lipinski definition) is 0. The van der Waals surface area contributed by atoms with Crippen LogP contribution in [0.4, 0.5) is 17.1 Å². The summed E-state index contributed by atoms with van der Waals surface area (Å²) in [6.07, 6.45) is 2.33. The lowest BCUT2D eigenvalue weighted by Gasteiger charge is -2.39. The first-order chi connectivity index (χ1) is 20.4. The molecule has 0 aromatic heterocycles. The van der Waals surface area contributed by atoms with E-state index < -0.39 is 8.07 Å². The second kappa shape index (κ2) is 10.9. The Morgan fingerprint density at radius 2 is 0.927 bits per heavy atom. The van der Waals surface area contributed by atoms with Gasteiger partial charge in [-0.2, -0.15) is 4.58 Å². The number of rotatable bonds is 6. The van der Waals surface area contributed by atoms with E-state index in [1.807, 2.05) is 0 Å². The number of anilines is 2. The maximum Gasteiger partial charge on any atom is 0.228 e. The summed E-state index contributed by atoms with van der Waals surface area (Å²) in [6, 6.07) is 61.9. The van der Waals surface area contributed by atoms with E-state index in [-0.39, 0.29) is 0 Å². The standard InChI is InChI=1S/C38H31N2Si/c1-6-18-32(19-7-1)39-29-31-17-16-28-37(38(31)40(30-39)33-20-8-2-9-21-33)41(34-22-10-3-11-23-34,35-24-12-4-13-25-35)36-26-14-5-15-27-36/h1-29H,30H2/q+1. The predicted octanol–water partition coefficient (Wildman–Crippen LogP) is 5.94. The normalized spacial score (nSPS) is 12.9. The first kappa shape index (κ1) is 25.0. The molecule has 3 heteroatoms. The third-order valence-electron chi connectivity index (χ3n) is 8.11. The SMILES string of the molecule is C1=[N+](c2ccccc2)CN(c2ccccc2)c2c1cccc2[Si](c1ccccc1)(c1ccccc1)c1ccccc1. The molecule has 0 bridgehead atoms. The van der Waals surface area contributed by atoms with E-state index in [0.29, 0.717) is 0 Å². The van der Waals surface area contributed by atoms with Gasteiger partial charge in [-0.1, -0.05) is 140 Å². The van der Waals surface area contributed by atoms with Crippen LogP contribution in [-0.4, -0.2) is 25.5 Å². The largest absolute Gasteiger partial charge is 0.285 e. The highest BCUT2D eigenvalue weighted by Gasteiger charge is 2.45. The minimum absolute atomic E-state index is 0.723. The maximum atomic E-state index is 2.51. The van der Waals surface area contributed by atoms with E-state index in [4.69, 9.17) is 0 Å². The van der Waals surface area contributed by atoms with Crippen molar-refractivity contribution in [2.75, 3.05) is 11.6 Å². The molecule has 1 aliphatic rings. The average molecular weight is 544 g/mol. The number of nitrogens with zero attached hydrogens (tertiary/aromatic N) is 2. The first-order valence-electron chi connectivity index (χ1n) is 14.1. The summed E-state index contributed by atoms with van der Waals surface area (Å²) in [6.45, 7) is 0.723. The zero-order valence-corrected chi connectivity index (χ0v) is 23.8. The molecule has 7 rings (SSSR count). The number of hydrogen-bond acceptors (Lipinski definition) is 1. The topological polar surface area (TPSA) is 6.25 Å². The summed E-state index contributed by atoms with van der Waals surface area (Å²) in [4.78, 5) is 2.51. The molecule has 6 aromatic rings. The van der Waals surface area contributed by atoms with Gasteiger partial charge in [-0.05, 0) is 38.9 Å². The van der Waals surface area contributed by atoms with Gasteiger partial charge in [-0.15, -0.1) is 0 Å². The van der Waals surface area contributed by atoms with Gasteiger partial charge in [0, 0.05) is 17.8 Å². The van der Waals surface area contributed by atoms with Gasteiger partial charge in [0.1, 0.15) is 0 Å². The van der Waals surface area contributed by atoms with Crippen molar-refractivity contribution in [1.82, 2.24) is 0 Å². The van der Waals surface area contributed by atoms with E-state index in [1.165, 1.54) is 43.4 Å². The Morgan fingerprint density at radius 3 is 1.44 bits per heavy atom. The molecule has 6 aromatic carbocycles. The fourth-order valence-electron chi connectivity index (χ4n) is 6.33. The van der Waals surface area contributed by atoms with Crippen LogP contribution < -0.4 is 25.6 Å². The molecule has 41 heavy (non-hydrogen) atoms. The molecule has 1 aliphatic heterocycles. The molecule has 0 unspecified atom stereocenters. The van der Waals surface area contributed by atoms with E-state index in [0.717, 1.165) is 6.67 Å². The minimum Gasteiger partial charge on any atom is -0.285 e. The monoisotopic (exact) mass is 543 g/mol. The van der Waals surface area contributed by atoms with E-state index in [1.54, 1.807) is 0 Å². The molecule has 0 radical (unpaired) electrons. The summed E-state index contributed by atoms with van der Waals surface area (Å²) in [5.74, 6) is 0. The zero-order valence-electron chi connectivity index (χ0n) is 22.8. The molecule has 196 valence electrons. The fraction of sp³-hybridized carbons (Fsp3) is 0.0263. The van der Waals surface area contributed by atoms with Crippen LogP contribution in [-0.2, 0) is 0 Å². The molecule has 0 fully saturated rings. The maximum absolute atomic E-state index is 2.74. The highest BCUT2D eigenvalue weighted by Crippen LogP contribution is 2.32. The van der Waals surface area contributed by atoms with Crippen LogP contribution in [0.2, 0.25) is 0 Å². The summed E-state index contributed by atoms with van der Waals surface area (Å²) in [5.41, 5.74) is 4.88. The molecule has 1 heterocycles. The molecule has 0 spiro atoms. The Morgan fingerprint density at radius 1 is 0.463 bits per heavy atom. The van der Waals surface area contributed by atoms with Crippen LogP contribution in [0.1, 0.15) is 5.56 Å². The minimum atomic E-state index is -2.74. The van der Waals surface area contributed by atoms with Crippen molar-refractivity contribution in [3.63, 3.8) is 0 Å². The lowest BCUT2D eigenvalue weighted by atomic mass is 10.1. The highest BCUT2D eigenvalue weighted by molar-refractivity contribution is 7.20. The van der Waals surface area contributed by atoms with Gasteiger partial charge in [0.25, 0.3) is 0 Å². The Kier molecular flexibility index (Phi) is 6.63. The molecular formula is C38H31N2Si+. The molecule has 0 atom stereocenters. The van der Waals surface area contributed by atoms with Crippen LogP contribution in [0.15, 0.2) is 170 Å². The smallest absolute Gasteiger partial charge is 0.228 e. The summed E-state index contributed by atoms with van der Waals surface area (Å²) >= 11 is 0. The lowest BCUT2D eigenvalue weighted by molar-refractivity contribution is -0.434. The van der Waals surface area contributed by atoms with E-state index >= 15 is 0 Å². The van der Waals surface area contributed by atoms with Crippen LogP contribution in [0.3, 0.4) is 0 Å². The summed E-state index contributed by atoms with van der Waals surface area (Å²) < 4.78 is 2.36. The van der Waals surface area contributed by atoms with Crippen molar-refractivity contribution < 1.29 is 4.58 Å². The Balaban J connectivity index is 1.60. The molecule has 0 N–H and O–H groups in total. The van der Waals surface area contributed by atoms with Crippen molar-refractivity contribution in [2.24, 2.45) is 0 Å². The van der Waals surface area contributed by atoms with Gasteiger partial charge in [-0.3, -0.25) is 4.90 Å². The number of para-hydroxylation sites is 3. The molecular weight excluding hydrogens is 513 g/mol. The molecule has 0 aliphatic carbocycles. The number of benzene rings is 6. The van der Waals surface area contributed by atoms with Crippen molar-refractivity contribution >= 4 is 52.1 Å². The zero-order chi connectivity index (χ0) is 27.5. The Bertz CT molecular complexity index is 1690. The third-order valence-corrected chi connectivity index (χ3v) is 12.9. The van der Waals surface area contributed by atoms with Crippen molar-refractivity contribution in [3.05, 3.63) is 175 Å².